The summed E-state index contributed by atoms with van der Waals surface area (Å²) in [5, 5.41) is 0. The molecule has 0 heterocycles. The zero-order chi connectivity index (χ0) is 21.9. The topological polar surface area (TPSA) is 43.4 Å². The Morgan fingerprint density at radius 1 is 0.967 bits per heavy atom. The maximum absolute atomic E-state index is 11.8. The van der Waals surface area contributed by atoms with Crippen LogP contribution in [0.15, 0.2) is 48.5 Å². The predicted molar refractivity (Wildman–Crippen MR) is 122 cm³/mol. The second kappa shape index (κ2) is 8.59. The van der Waals surface area contributed by atoms with E-state index < -0.39 is 5.97 Å². The van der Waals surface area contributed by atoms with E-state index in [4.69, 9.17) is 4.74 Å². The van der Waals surface area contributed by atoms with Crippen LogP contribution in [0, 0.1) is 0 Å². The van der Waals surface area contributed by atoms with Crippen molar-refractivity contribution in [1.29, 1.82) is 0 Å². The first-order chi connectivity index (χ1) is 14.2. The quantitative estimate of drug-likeness (QED) is 0.335. The molecule has 0 radical (unpaired) electrons. The Bertz CT molecular complexity index is 979. The van der Waals surface area contributed by atoms with Crippen molar-refractivity contribution in [3.63, 3.8) is 0 Å². The highest BCUT2D eigenvalue weighted by Crippen LogP contribution is 2.45. The zero-order valence-corrected chi connectivity index (χ0v) is 18.7. The minimum absolute atomic E-state index is 0.193. The minimum Gasteiger partial charge on any atom is -0.465 e. The summed E-state index contributed by atoms with van der Waals surface area (Å²) in [6.07, 6.45) is 6.86. The Hall–Kier alpha value is -2.68. The Morgan fingerprint density at radius 3 is 2.30 bits per heavy atom. The van der Waals surface area contributed by atoms with E-state index in [9.17, 15) is 9.59 Å². The number of hydrogen-bond donors (Lipinski definition) is 0. The molecule has 2 aromatic carbocycles. The molecule has 3 nitrogen and oxygen atoms in total. The van der Waals surface area contributed by atoms with Gasteiger partial charge in [-0.3, -0.25) is 4.79 Å². The van der Waals surface area contributed by atoms with Crippen LogP contribution in [-0.4, -0.2) is 19.4 Å². The molecule has 158 valence electrons. The van der Waals surface area contributed by atoms with Gasteiger partial charge in [0.1, 0.15) is 6.29 Å². The Kier molecular flexibility index (Phi) is 6.30. The van der Waals surface area contributed by atoms with Gasteiger partial charge in [0.2, 0.25) is 0 Å². The number of allylic oxidation sites excluding steroid dienone is 2. The van der Waals surface area contributed by atoms with Gasteiger partial charge in [0, 0.05) is 5.57 Å². The Labute approximate surface area is 180 Å². The van der Waals surface area contributed by atoms with Crippen molar-refractivity contribution in [2.45, 2.75) is 64.2 Å². The van der Waals surface area contributed by atoms with Crippen LogP contribution in [0.1, 0.15) is 79.6 Å². The number of fused-ring (bicyclic) bond motifs is 1. The van der Waals surface area contributed by atoms with Crippen LogP contribution in [0.4, 0.5) is 0 Å². The SMILES string of the molecule is COC(=O)c1cccc(/C(C=O)=C/CCc2ccc3c(c2)C(C)(C)CCC3(C)C)c1. The van der Waals surface area contributed by atoms with Crippen LogP contribution in [0.3, 0.4) is 0 Å². The molecular formula is C27H32O3. The van der Waals surface area contributed by atoms with E-state index in [1.165, 1.54) is 36.6 Å². The van der Waals surface area contributed by atoms with Gasteiger partial charge in [-0.2, -0.15) is 0 Å². The van der Waals surface area contributed by atoms with Crippen LogP contribution in [0.2, 0.25) is 0 Å². The summed E-state index contributed by atoms with van der Waals surface area (Å²) in [5.41, 5.74) is 6.42. The van der Waals surface area contributed by atoms with Gasteiger partial charge in [-0.25, -0.2) is 4.79 Å². The normalized spacial score (nSPS) is 17.2. The van der Waals surface area contributed by atoms with Crippen LogP contribution in [-0.2, 0) is 26.8 Å². The molecule has 1 aliphatic carbocycles. The van der Waals surface area contributed by atoms with Gasteiger partial charge in [0.15, 0.2) is 0 Å². The van der Waals surface area contributed by atoms with E-state index in [2.05, 4.69) is 45.9 Å². The molecular weight excluding hydrogens is 372 g/mol. The van der Waals surface area contributed by atoms with Crippen molar-refractivity contribution in [2.24, 2.45) is 0 Å². The number of aldehydes is 1. The van der Waals surface area contributed by atoms with Crippen molar-refractivity contribution in [1.82, 2.24) is 0 Å². The molecule has 0 amide bonds. The molecule has 0 aliphatic heterocycles. The average molecular weight is 405 g/mol. The average Bonchev–Trinajstić information content (AvgIpc) is 2.74. The van der Waals surface area contributed by atoms with E-state index in [0.29, 0.717) is 11.1 Å². The van der Waals surface area contributed by atoms with Crippen LogP contribution in [0.5, 0.6) is 0 Å². The highest BCUT2D eigenvalue weighted by molar-refractivity contribution is 6.07. The maximum atomic E-state index is 11.8. The smallest absolute Gasteiger partial charge is 0.337 e. The number of hydrogen-bond acceptors (Lipinski definition) is 3. The molecule has 3 rings (SSSR count). The Morgan fingerprint density at radius 2 is 1.63 bits per heavy atom. The summed E-state index contributed by atoms with van der Waals surface area (Å²) in [5.74, 6) is -0.401. The lowest BCUT2D eigenvalue weighted by Crippen LogP contribution is -2.33. The van der Waals surface area contributed by atoms with Crippen molar-refractivity contribution in [3.05, 3.63) is 76.4 Å². The number of carbonyl (C=O) groups is 2. The van der Waals surface area contributed by atoms with Crippen molar-refractivity contribution < 1.29 is 14.3 Å². The Balaban J connectivity index is 1.79. The number of ether oxygens (including phenoxy) is 1. The van der Waals surface area contributed by atoms with Crippen LogP contribution >= 0.6 is 0 Å². The largest absolute Gasteiger partial charge is 0.465 e. The lowest BCUT2D eigenvalue weighted by molar-refractivity contribution is -0.103. The monoisotopic (exact) mass is 404 g/mol. The van der Waals surface area contributed by atoms with Gasteiger partial charge in [-0.05, 0) is 70.9 Å². The van der Waals surface area contributed by atoms with E-state index in [1.54, 1.807) is 18.2 Å². The number of methoxy groups -OCH3 is 1. The second-order valence-electron chi connectivity index (χ2n) is 9.54. The molecule has 0 N–H and O–H groups in total. The molecule has 0 fully saturated rings. The molecule has 0 atom stereocenters. The van der Waals surface area contributed by atoms with E-state index in [0.717, 1.165) is 24.7 Å². The molecule has 0 aromatic heterocycles. The number of esters is 1. The van der Waals surface area contributed by atoms with E-state index >= 15 is 0 Å². The van der Waals surface area contributed by atoms with Gasteiger partial charge < -0.3 is 4.74 Å². The summed E-state index contributed by atoms with van der Waals surface area (Å²) in [4.78, 5) is 23.4. The lowest BCUT2D eigenvalue weighted by atomic mass is 9.63. The number of benzene rings is 2. The minimum atomic E-state index is -0.401. The summed E-state index contributed by atoms with van der Waals surface area (Å²) < 4.78 is 4.77. The molecule has 0 bridgehead atoms. The fraction of sp³-hybridized carbons (Fsp3) is 0.407. The molecule has 0 saturated heterocycles. The summed E-state index contributed by atoms with van der Waals surface area (Å²) in [6.45, 7) is 9.34. The van der Waals surface area contributed by atoms with Crippen molar-refractivity contribution in [2.75, 3.05) is 7.11 Å². The van der Waals surface area contributed by atoms with Crippen LogP contribution < -0.4 is 0 Å². The summed E-state index contributed by atoms with van der Waals surface area (Å²) in [6, 6.07) is 13.9. The summed E-state index contributed by atoms with van der Waals surface area (Å²) >= 11 is 0. The van der Waals surface area contributed by atoms with Gasteiger partial charge >= 0.3 is 5.97 Å². The van der Waals surface area contributed by atoms with Gasteiger partial charge in [-0.15, -0.1) is 0 Å². The molecule has 3 heteroatoms. The first kappa shape index (κ1) is 22.0. The highest BCUT2D eigenvalue weighted by Gasteiger charge is 2.36. The molecule has 0 unspecified atom stereocenters. The van der Waals surface area contributed by atoms with Crippen molar-refractivity contribution >= 4 is 17.8 Å². The summed E-state index contributed by atoms with van der Waals surface area (Å²) in [7, 11) is 1.35. The number of aryl methyl sites for hydroxylation is 1. The third kappa shape index (κ3) is 4.56. The standard InChI is InChI=1S/C27H32O3/c1-26(2)14-15-27(3,4)24-16-19(12-13-23(24)26)8-6-11-22(18-28)20-9-7-10-21(17-20)25(29)30-5/h7,9-13,16-18H,6,8,14-15H2,1-5H3/b22-11+. The van der Waals surface area contributed by atoms with Gasteiger partial charge in [0.05, 0.1) is 12.7 Å². The second-order valence-corrected chi connectivity index (χ2v) is 9.54. The highest BCUT2D eigenvalue weighted by atomic mass is 16.5. The fourth-order valence-corrected chi connectivity index (χ4v) is 4.36. The zero-order valence-electron chi connectivity index (χ0n) is 18.7. The molecule has 2 aromatic rings. The lowest BCUT2D eigenvalue weighted by Gasteiger charge is -2.42. The number of rotatable bonds is 6. The third-order valence-corrected chi connectivity index (χ3v) is 6.46. The van der Waals surface area contributed by atoms with Crippen molar-refractivity contribution in [3.8, 4) is 0 Å². The van der Waals surface area contributed by atoms with E-state index in [-0.39, 0.29) is 10.8 Å². The first-order valence-electron chi connectivity index (χ1n) is 10.7. The number of carbonyl (C=O) groups excluding carboxylic acids is 2. The molecule has 1 aliphatic rings. The van der Waals surface area contributed by atoms with Gasteiger partial charge in [-0.1, -0.05) is 64.1 Å². The molecule has 0 spiro atoms. The predicted octanol–water partition coefficient (Wildman–Crippen LogP) is 6.04. The first-order valence-corrected chi connectivity index (χ1v) is 10.7. The fourth-order valence-electron chi connectivity index (χ4n) is 4.36. The van der Waals surface area contributed by atoms with Crippen LogP contribution in [0.25, 0.3) is 5.57 Å². The third-order valence-electron chi connectivity index (χ3n) is 6.46. The van der Waals surface area contributed by atoms with Gasteiger partial charge in [0.25, 0.3) is 0 Å². The maximum Gasteiger partial charge on any atom is 0.337 e. The van der Waals surface area contributed by atoms with E-state index in [1.807, 2.05) is 12.1 Å². The molecule has 0 saturated carbocycles. The molecule has 30 heavy (non-hydrogen) atoms.